The Kier molecular flexibility index (Phi) is 6.51. The highest BCUT2D eigenvalue weighted by Crippen LogP contribution is 2.30. The monoisotopic (exact) mass is 412 g/mol. The zero-order valence-corrected chi connectivity index (χ0v) is 17.1. The van der Waals surface area contributed by atoms with Gasteiger partial charge in [0.2, 0.25) is 11.9 Å². The van der Waals surface area contributed by atoms with E-state index in [1.54, 1.807) is 39.3 Å². The van der Waals surface area contributed by atoms with Crippen molar-refractivity contribution in [1.82, 2.24) is 9.97 Å². The number of aromatic nitrogens is 2. The van der Waals surface area contributed by atoms with Gasteiger partial charge in [0.05, 0.1) is 24.9 Å². The van der Waals surface area contributed by atoms with Gasteiger partial charge in [-0.1, -0.05) is 18.5 Å². The lowest BCUT2D eigenvalue weighted by atomic mass is 10.1. The van der Waals surface area contributed by atoms with E-state index >= 15 is 0 Å². The third-order valence-corrected chi connectivity index (χ3v) is 4.40. The van der Waals surface area contributed by atoms with Crippen LogP contribution in [0.5, 0.6) is 11.5 Å². The Morgan fingerprint density at radius 1 is 1.03 bits per heavy atom. The standard InChI is InChI=1S/C21H21ClN4O3/c1-4-20(27)26-21-24-17(13-5-8-15(28-2)9-6-13)12-19(25-21)23-14-7-10-18(29-3)16(22)11-14/h5-12H,4H2,1-3H3,(H2,23,24,25,26,27). The van der Waals surface area contributed by atoms with Crippen LogP contribution in [0.1, 0.15) is 13.3 Å². The van der Waals surface area contributed by atoms with E-state index in [2.05, 4.69) is 20.6 Å². The number of rotatable bonds is 7. The molecule has 8 heteroatoms. The van der Waals surface area contributed by atoms with Gasteiger partial charge in [0, 0.05) is 23.7 Å². The molecular formula is C21H21ClN4O3. The lowest BCUT2D eigenvalue weighted by Crippen LogP contribution is -2.13. The molecule has 0 aliphatic rings. The quantitative estimate of drug-likeness (QED) is 0.573. The summed E-state index contributed by atoms with van der Waals surface area (Å²) in [6.07, 6.45) is 0.326. The number of carbonyl (C=O) groups is 1. The molecule has 0 spiro atoms. The summed E-state index contributed by atoms with van der Waals surface area (Å²) in [6, 6.07) is 14.6. The number of nitrogens with zero attached hydrogens (tertiary/aromatic N) is 2. The van der Waals surface area contributed by atoms with Crippen LogP contribution in [0, 0.1) is 0 Å². The van der Waals surface area contributed by atoms with Crippen LogP contribution >= 0.6 is 11.6 Å². The van der Waals surface area contributed by atoms with Gasteiger partial charge in [-0.25, -0.2) is 4.98 Å². The highest BCUT2D eigenvalue weighted by atomic mass is 35.5. The van der Waals surface area contributed by atoms with E-state index in [0.717, 1.165) is 17.0 Å². The molecule has 0 radical (unpaired) electrons. The average Bonchev–Trinajstić information content (AvgIpc) is 2.73. The van der Waals surface area contributed by atoms with Crippen molar-refractivity contribution in [2.75, 3.05) is 24.9 Å². The van der Waals surface area contributed by atoms with Gasteiger partial charge in [-0.15, -0.1) is 0 Å². The first-order valence-electron chi connectivity index (χ1n) is 8.96. The van der Waals surface area contributed by atoms with Crippen LogP contribution in [0.15, 0.2) is 48.5 Å². The second-order valence-corrected chi connectivity index (χ2v) is 6.47. The molecule has 0 saturated carbocycles. The molecule has 3 aromatic rings. The molecule has 1 amide bonds. The second kappa shape index (κ2) is 9.25. The summed E-state index contributed by atoms with van der Waals surface area (Å²) in [5.41, 5.74) is 2.23. The Morgan fingerprint density at radius 2 is 1.79 bits per heavy atom. The predicted octanol–water partition coefficient (Wildman–Crippen LogP) is 4.91. The smallest absolute Gasteiger partial charge is 0.231 e. The van der Waals surface area contributed by atoms with Crippen LogP contribution in [-0.4, -0.2) is 30.1 Å². The summed E-state index contributed by atoms with van der Waals surface area (Å²) in [6.45, 7) is 1.77. The molecule has 150 valence electrons. The summed E-state index contributed by atoms with van der Waals surface area (Å²) >= 11 is 6.20. The van der Waals surface area contributed by atoms with Gasteiger partial charge in [0.15, 0.2) is 0 Å². The van der Waals surface area contributed by atoms with Crippen LogP contribution in [0.3, 0.4) is 0 Å². The maximum absolute atomic E-state index is 11.8. The predicted molar refractivity (Wildman–Crippen MR) is 114 cm³/mol. The molecule has 2 N–H and O–H groups in total. The molecule has 1 heterocycles. The van der Waals surface area contributed by atoms with Crippen molar-refractivity contribution in [2.24, 2.45) is 0 Å². The van der Waals surface area contributed by atoms with Crippen molar-refractivity contribution in [2.45, 2.75) is 13.3 Å². The lowest BCUT2D eigenvalue weighted by Gasteiger charge is -2.12. The second-order valence-electron chi connectivity index (χ2n) is 6.07. The minimum absolute atomic E-state index is 0.171. The molecular weight excluding hydrogens is 392 g/mol. The number of hydrogen-bond acceptors (Lipinski definition) is 6. The largest absolute Gasteiger partial charge is 0.497 e. The SMILES string of the molecule is CCC(=O)Nc1nc(Nc2ccc(OC)c(Cl)c2)cc(-c2ccc(OC)cc2)n1. The number of anilines is 3. The van der Waals surface area contributed by atoms with Crippen LogP contribution in [0.4, 0.5) is 17.5 Å². The van der Waals surface area contributed by atoms with Crippen molar-refractivity contribution < 1.29 is 14.3 Å². The van der Waals surface area contributed by atoms with Gasteiger partial charge in [0.25, 0.3) is 0 Å². The van der Waals surface area contributed by atoms with Crippen LogP contribution in [-0.2, 0) is 4.79 Å². The van der Waals surface area contributed by atoms with Crippen LogP contribution in [0.2, 0.25) is 5.02 Å². The van der Waals surface area contributed by atoms with E-state index in [0.29, 0.717) is 28.7 Å². The summed E-state index contributed by atoms with van der Waals surface area (Å²) in [5, 5.41) is 6.38. The normalized spacial score (nSPS) is 10.3. The summed E-state index contributed by atoms with van der Waals surface area (Å²) in [5.74, 6) is 1.88. The molecule has 0 fully saturated rings. The van der Waals surface area contributed by atoms with Crippen molar-refractivity contribution in [1.29, 1.82) is 0 Å². The first kappa shape index (κ1) is 20.4. The first-order chi connectivity index (χ1) is 14.0. The Bertz CT molecular complexity index is 1010. The zero-order valence-electron chi connectivity index (χ0n) is 16.3. The average molecular weight is 413 g/mol. The van der Waals surface area contributed by atoms with E-state index in [9.17, 15) is 4.79 Å². The molecule has 7 nitrogen and oxygen atoms in total. The van der Waals surface area contributed by atoms with E-state index in [1.165, 1.54) is 0 Å². The molecule has 3 rings (SSSR count). The molecule has 0 unspecified atom stereocenters. The van der Waals surface area contributed by atoms with E-state index < -0.39 is 0 Å². The van der Waals surface area contributed by atoms with Crippen LogP contribution in [0.25, 0.3) is 11.3 Å². The molecule has 0 aliphatic heterocycles. The van der Waals surface area contributed by atoms with Crippen LogP contribution < -0.4 is 20.1 Å². The summed E-state index contributed by atoms with van der Waals surface area (Å²) < 4.78 is 10.4. The molecule has 0 bridgehead atoms. The van der Waals surface area contributed by atoms with Crippen molar-refractivity contribution in [3.63, 3.8) is 0 Å². The summed E-state index contributed by atoms with van der Waals surface area (Å²) in [7, 11) is 3.17. The maximum atomic E-state index is 11.8. The Hall–Kier alpha value is -3.32. The van der Waals surface area contributed by atoms with Gasteiger partial charge in [-0.2, -0.15) is 4.98 Å². The van der Waals surface area contributed by atoms with Gasteiger partial charge in [-0.3, -0.25) is 10.1 Å². The highest BCUT2D eigenvalue weighted by Gasteiger charge is 2.10. The maximum Gasteiger partial charge on any atom is 0.231 e. The fraction of sp³-hybridized carbons (Fsp3) is 0.190. The van der Waals surface area contributed by atoms with Crippen molar-refractivity contribution >= 4 is 35.0 Å². The Labute approximate surface area is 174 Å². The number of amides is 1. The minimum Gasteiger partial charge on any atom is -0.497 e. The van der Waals surface area contributed by atoms with E-state index in [1.807, 2.05) is 30.3 Å². The molecule has 2 aromatic carbocycles. The highest BCUT2D eigenvalue weighted by molar-refractivity contribution is 6.32. The Balaban J connectivity index is 1.97. The van der Waals surface area contributed by atoms with Crippen molar-refractivity contribution in [3.05, 3.63) is 53.6 Å². The number of carbonyl (C=O) groups excluding carboxylic acids is 1. The third-order valence-electron chi connectivity index (χ3n) is 4.11. The number of halogens is 1. The van der Waals surface area contributed by atoms with Gasteiger partial charge >= 0.3 is 0 Å². The summed E-state index contributed by atoms with van der Waals surface area (Å²) in [4.78, 5) is 20.7. The lowest BCUT2D eigenvalue weighted by molar-refractivity contribution is -0.115. The first-order valence-corrected chi connectivity index (χ1v) is 9.34. The number of nitrogens with one attached hydrogen (secondary N) is 2. The van der Waals surface area contributed by atoms with Gasteiger partial charge in [0.1, 0.15) is 17.3 Å². The van der Waals surface area contributed by atoms with Gasteiger partial charge in [-0.05, 0) is 42.5 Å². The van der Waals surface area contributed by atoms with E-state index in [4.69, 9.17) is 21.1 Å². The topological polar surface area (TPSA) is 85.4 Å². The molecule has 0 atom stereocenters. The molecule has 29 heavy (non-hydrogen) atoms. The van der Waals surface area contributed by atoms with Gasteiger partial charge < -0.3 is 14.8 Å². The number of hydrogen-bond donors (Lipinski definition) is 2. The zero-order chi connectivity index (χ0) is 20.8. The van der Waals surface area contributed by atoms with Crippen molar-refractivity contribution in [3.8, 4) is 22.8 Å². The number of ether oxygens (including phenoxy) is 2. The molecule has 0 aliphatic carbocycles. The number of benzene rings is 2. The molecule has 0 saturated heterocycles. The fourth-order valence-corrected chi connectivity index (χ4v) is 2.84. The fourth-order valence-electron chi connectivity index (χ4n) is 2.58. The Morgan fingerprint density at radius 3 is 2.41 bits per heavy atom. The van der Waals surface area contributed by atoms with E-state index in [-0.39, 0.29) is 11.9 Å². The third kappa shape index (κ3) is 5.14. The minimum atomic E-state index is -0.171. The number of methoxy groups -OCH3 is 2. The molecule has 1 aromatic heterocycles.